The first-order chi connectivity index (χ1) is 9.56. The van der Waals surface area contributed by atoms with Crippen LogP contribution in [-0.4, -0.2) is 22.8 Å². The number of ether oxygens (including phenoxy) is 1. The minimum absolute atomic E-state index is 0.0448. The van der Waals surface area contributed by atoms with E-state index < -0.39 is 11.9 Å². The van der Waals surface area contributed by atoms with Crippen molar-refractivity contribution in [2.75, 3.05) is 6.61 Å². The van der Waals surface area contributed by atoms with Gasteiger partial charge in [-0.05, 0) is 36.8 Å². The summed E-state index contributed by atoms with van der Waals surface area (Å²) < 4.78 is 5.48. The van der Waals surface area contributed by atoms with E-state index in [1.807, 2.05) is 19.1 Å². The number of aromatic hydroxyl groups is 1. The third-order valence-corrected chi connectivity index (χ3v) is 3.03. The minimum Gasteiger partial charge on any atom is -0.508 e. The molecular formula is C16H16O4. The molecule has 0 fully saturated rings. The third kappa shape index (κ3) is 3.51. The zero-order valence-electron chi connectivity index (χ0n) is 11.1. The Morgan fingerprint density at radius 3 is 2.25 bits per heavy atom. The van der Waals surface area contributed by atoms with Gasteiger partial charge in [0.2, 0.25) is 0 Å². The van der Waals surface area contributed by atoms with Crippen molar-refractivity contribution in [2.45, 2.75) is 12.8 Å². The first kappa shape index (κ1) is 13.9. The quantitative estimate of drug-likeness (QED) is 0.878. The van der Waals surface area contributed by atoms with E-state index in [4.69, 9.17) is 4.74 Å². The maximum atomic E-state index is 11.3. The largest absolute Gasteiger partial charge is 0.508 e. The number of carbonyl (C=O) groups is 1. The minimum atomic E-state index is -0.923. The molecule has 104 valence electrons. The second-order valence-corrected chi connectivity index (χ2v) is 4.61. The molecule has 2 aromatic rings. The lowest BCUT2D eigenvalue weighted by molar-refractivity contribution is -0.139. The summed E-state index contributed by atoms with van der Waals surface area (Å²) in [5.41, 5.74) is 1.79. The summed E-state index contributed by atoms with van der Waals surface area (Å²) in [6, 6.07) is 13.6. The number of aryl methyl sites for hydroxylation is 1. The molecule has 20 heavy (non-hydrogen) atoms. The maximum Gasteiger partial charge on any atom is 0.314 e. The molecule has 0 amide bonds. The number of carboxylic acid groups (broad SMARTS) is 1. The molecule has 1 unspecified atom stereocenters. The molecule has 4 nitrogen and oxygen atoms in total. The summed E-state index contributed by atoms with van der Waals surface area (Å²) in [6.07, 6.45) is 0. The Morgan fingerprint density at radius 2 is 1.70 bits per heavy atom. The molecule has 0 saturated heterocycles. The smallest absolute Gasteiger partial charge is 0.314 e. The molecule has 0 aliphatic carbocycles. The van der Waals surface area contributed by atoms with E-state index in [0.29, 0.717) is 11.3 Å². The fourth-order valence-corrected chi connectivity index (χ4v) is 1.83. The number of benzene rings is 2. The van der Waals surface area contributed by atoms with Gasteiger partial charge in [-0.25, -0.2) is 0 Å². The van der Waals surface area contributed by atoms with Crippen LogP contribution in [0.4, 0.5) is 0 Å². The SMILES string of the molecule is Cc1ccc(C(COc2ccc(O)cc2)C(=O)O)cc1. The number of rotatable bonds is 5. The number of carboxylic acids is 1. The molecule has 2 rings (SSSR count). The number of aliphatic carboxylic acids is 1. The summed E-state index contributed by atoms with van der Waals surface area (Å²) in [5.74, 6) is -0.969. The lowest BCUT2D eigenvalue weighted by Gasteiger charge is -2.14. The van der Waals surface area contributed by atoms with Gasteiger partial charge in [-0.1, -0.05) is 29.8 Å². The van der Waals surface area contributed by atoms with Crippen molar-refractivity contribution in [2.24, 2.45) is 0 Å². The van der Waals surface area contributed by atoms with Gasteiger partial charge in [-0.15, -0.1) is 0 Å². The second-order valence-electron chi connectivity index (χ2n) is 4.61. The number of phenols is 1. The Balaban J connectivity index is 2.08. The first-order valence-corrected chi connectivity index (χ1v) is 6.27. The summed E-state index contributed by atoms with van der Waals surface area (Å²) >= 11 is 0. The van der Waals surface area contributed by atoms with Crippen molar-refractivity contribution in [3.63, 3.8) is 0 Å². The first-order valence-electron chi connectivity index (χ1n) is 6.27. The van der Waals surface area contributed by atoms with E-state index in [1.54, 1.807) is 24.3 Å². The molecule has 0 aliphatic heterocycles. The van der Waals surface area contributed by atoms with Crippen LogP contribution in [0.5, 0.6) is 11.5 Å². The Bertz CT molecular complexity index is 572. The van der Waals surface area contributed by atoms with Crippen molar-refractivity contribution in [3.8, 4) is 11.5 Å². The summed E-state index contributed by atoms with van der Waals surface area (Å²) in [6.45, 7) is 2.00. The Labute approximate surface area is 117 Å². The van der Waals surface area contributed by atoms with Gasteiger partial charge in [0.05, 0.1) is 0 Å². The molecule has 0 spiro atoms. The van der Waals surface area contributed by atoms with Crippen LogP contribution in [-0.2, 0) is 4.79 Å². The van der Waals surface area contributed by atoms with Gasteiger partial charge in [0.1, 0.15) is 24.0 Å². The van der Waals surface area contributed by atoms with Gasteiger partial charge in [0.25, 0.3) is 0 Å². The van der Waals surface area contributed by atoms with Crippen LogP contribution < -0.4 is 4.74 Å². The van der Waals surface area contributed by atoms with Crippen LogP contribution >= 0.6 is 0 Å². The molecule has 0 radical (unpaired) electrons. The molecule has 2 N–H and O–H groups in total. The topological polar surface area (TPSA) is 66.8 Å². The normalized spacial score (nSPS) is 11.8. The van der Waals surface area contributed by atoms with Gasteiger partial charge >= 0.3 is 5.97 Å². The fourth-order valence-electron chi connectivity index (χ4n) is 1.83. The Kier molecular flexibility index (Phi) is 4.25. The number of hydrogen-bond acceptors (Lipinski definition) is 3. The average Bonchev–Trinajstić information content (AvgIpc) is 2.43. The van der Waals surface area contributed by atoms with Crippen molar-refractivity contribution in [1.82, 2.24) is 0 Å². The highest BCUT2D eigenvalue weighted by molar-refractivity contribution is 5.76. The zero-order chi connectivity index (χ0) is 14.5. The van der Waals surface area contributed by atoms with Crippen LogP contribution in [0.25, 0.3) is 0 Å². The van der Waals surface area contributed by atoms with Gasteiger partial charge in [-0.3, -0.25) is 4.79 Å². The molecule has 0 aliphatic rings. The molecule has 0 heterocycles. The number of hydrogen-bond donors (Lipinski definition) is 2. The molecular weight excluding hydrogens is 256 g/mol. The molecule has 2 aromatic carbocycles. The monoisotopic (exact) mass is 272 g/mol. The van der Waals surface area contributed by atoms with Gasteiger partial charge in [-0.2, -0.15) is 0 Å². The molecule has 0 aromatic heterocycles. The van der Waals surface area contributed by atoms with Crippen LogP contribution in [0, 0.1) is 6.92 Å². The van der Waals surface area contributed by atoms with E-state index in [1.165, 1.54) is 12.1 Å². The molecule has 0 saturated carbocycles. The highest BCUT2D eigenvalue weighted by atomic mass is 16.5. The molecule has 1 atom stereocenters. The van der Waals surface area contributed by atoms with E-state index in [-0.39, 0.29) is 12.4 Å². The predicted molar refractivity (Wildman–Crippen MR) is 75.2 cm³/mol. The Hall–Kier alpha value is -2.49. The van der Waals surface area contributed by atoms with Gasteiger partial charge < -0.3 is 14.9 Å². The lowest BCUT2D eigenvalue weighted by Crippen LogP contribution is -2.19. The maximum absolute atomic E-state index is 11.3. The second kappa shape index (κ2) is 6.10. The van der Waals surface area contributed by atoms with E-state index >= 15 is 0 Å². The summed E-state index contributed by atoms with van der Waals surface area (Å²) in [5, 5.41) is 18.5. The molecule has 4 heteroatoms. The molecule has 0 bridgehead atoms. The standard InChI is InChI=1S/C16H16O4/c1-11-2-4-12(5-3-11)15(16(18)19)10-20-14-8-6-13(17)7-9-14/h2-9,15,17H,10H2,1H3,(H,18,19). The van der Waals surface area contributed by atoms with Crippen molar-refractivity contribution < 1.29 is 19.7 Å². The van der Waals surface area contributed by atoms with Gasteiger partial charge in [0.15, 0.2) is 0 Å². The van der Waals surface area contributed by atoms with Gasteiger partial charge in [0, 0.05) is 0 Å². The summed E-state index contributed by atoms with van der Waals surface area (Å²) in [4.78, 5) is 11.3. The van der Waals surface area contributed by atoms with E-state index in [2.05, 4.69) is 0 Å². The lowest BCUT2D eigenvalue weighted by atomic mass is 9.99. The Morgan fingerprint density at radius 1 is 1.10 bits per heavy atom. The highest BCUT2D eigenvalue weighted by Crippen LogP contribution is 2.21. The van der Waals surface area contributed by atoms with Crippen LogP contribution in [0.2, 0.25) is 0 Å². The van der Waals surface area contributed by atoms with E-state index in [0.717, 1.165) is 5.56 Å². The fraction of sp³-hybridized carbons (Fsp3) is 0.188. The predicted octanol–water partition coefficient (Wildman–Crippen LogP) is 2.95. The van der Waals surface area contributed by atoms with Crippen molar-refractivity contribution >= 4 is 5.97 Å². The third-order valence-electron chi connectivity index (χ3n) is 3.03. The van der Waals surface area contributed by atoms with Crippen LogP contribution in [0.15, 0.2) is 48.5 Å². The number of phenolic OH excluding ortho intramolecular Hbond substituents is 1. The van der Waals surface area contributed by atoms with Crippen molar-refractivity contribution in [1.29, 1.82) is 0 Å². The van der Waals surface area contributed by atoms with E-state index in [9.17, 15) is 15.0 Å². The highest BCUT2D eigenvalue weighted by Gasteiger charge is 2.20. The zero-order valence-corrected chi connectivity index (χ0v) is 11.1. The van der Waals surface area contributed by atoms with Crippen molar-refractivity contribution in [3.05, 3.63) is 59.7 Å². The average molecular weight is 272 g/mol. The van der Waals surface area contributed by atoms with Crippen LogP contribution in [0.3, 0.4) is 0 Å². The summed E-state index contributed by atoms with van der Waals surface area (Å²) in [7, 11) is 0. The van der Waals surface area contributed by atoms with Crippen LogP contribution in [0.1, 0.15) is 17.0 Å².